The maximum atomic E-state index is 11.7. The van der Waals surface area contributed by atoms with E-state index in [1.54, 1.807) is 31.1 Å². The maximum absolute atomic E-state index is 11.7. The van der Waals surface area contributed by atoms with Gasteiger partial charge in [-0.3, -0.25) is 19.8 Å². The first kappa shape index (κ1) is 13.1. The Labute approximate surface area is 99.5 Å². The number of nitro groups is 1. The molecule has 0 heterocycles. The van der Waals surface area contributed by atoms with Crippen molar-refractivity contribution in [2.24, 2.45) is 0 Å². The quantitative estimate of drug-likeness (QED) is 0.444. The highest BCUT2D eigenvalue weighted by molar-refractivity contribution is 5.94. The lowest BCUT2D eigenvalue weighted by Gasteiger charge is -2.21. The van der Waals surface area contributed by atoms with E-state index in [1.165, 1.54) is 18.2 Å². The zero-order chi connectivity index (χ0) is 13.0. The highest BCUT2D eigenvalue weighted by atomic mass is 16.6. The van der Waals surface area contributed by atoms with Crippen LogP contribution < -0.4 is 0 Å². The van der Waals surface area contributed by atoms with Gasteiger partial charge in [0.1, 0.15) is 0 Å². The molecule has 0 spiro atoms. The second-order valence-electron chi connectivity index (χ2n) is 3.82. The van der Waals surface area contributed by atoms with E-state index in [-0.39, 0.29) is 11.5 Å². The van der Waals surface area contributed by atoms with E-state index in [9.17, 15) is 14.9 Å². The highest BCUT2D eigenvalue weighted by Gasteiger charge is 2.20. The third-order valence-electron chi connectivity index (χ3n) is 2.41. The third-order valence-corrected chi connectivity index (χ3v) is 2.41. The number of carbonyl (C=O) groups excluding carboxylic acids is 1. The van der Waals surface area contributed by atoms with Crippen molar-refractivity contribution >= 4 is 11.5 Å². The summed E-state index contributed by atoms with van der Waals surface area (Å²) in [6, 6.07) is 5.51. The van der Waals surface area contributed by atoms with Gasteiger partial charge in [-0.05, 0) is 25.7 Å². The van der Waals surface area contributed by atoms with Gasteiger partial charge in [0.05, 0.1) is 11.0 Å². The highest BCUT2D eigenvalue weighted by Crippen LogP contribution is 2.22. The molecule has 0 amide bonds. The van der Waals surface area contributed by atoms with Crippen LogP contribution in [-0.4, -0.2) is 29.7 Å². The van der Waals surface area contributed by atoms with Crippen molar-refractivity contribution in [3.8, 4) is 0 Å². The molecule has 5 heteroatoms. The number of nitro benzene ring substituents is 1. The largest absolute Gasteiger partial charge is 0.296 e. The molecule has 0 aliphatic heterocycles. The van der Waals surface area contributed by atoms with Crippen molar-refractivity contribution in [3.63, 3.8) is 0 Å². The molecule has 0 N–H and O–H groups in total. The Morgan fingerprint density at radius 2 is 1.94 bits per heavy atom. The number of hydrogen-bond donors (Lipinski definition) is 0. The van der Waals surface area contributed by atoms with Crippen LogP contribution in [0.2, 0.25) is 0 Å². The van der Waals surface area contributed by atoms with Crippen LogP contribution in [0.25, 0.3) is 0 Å². The van der Waals surface area contributed by atoms with Crippen molar-refractivity contribution in [2.75, 3.05) is 14.1 Å². The Balaban J connectivity index is 3.08. The number of hydrogen-bond acceptors (Lipinski definition) is 4. The zero-order valence-corrected chi connectivity index (χ0v) is 9.79. The summed E-state index contributed by atoms with van der Waals surface area (Å²) in [5.41, 5.74) is 0.725. The van der Waals surface area contributed by atoms with Crippen LogP contribution in [-0.2, 0) is 4.79 Å². The zero-order valence-electron chi connectivity index (χ0n) is 9.79. The van der Waals surface area contributed by atoms with Crippen LogP contribution in [0.1, 0.15) is 11.6 Å². The second-order valence-corrected chi connectivity index (χ2v) is 3.82. The van der Waals surface area contributed by atoms with Crippen molar-refractivity contribution < 1.29 is 9.72 Å². The number of rotatable bonds is 5. The average molecular weight is 234 g/mol. The lowest BCUT2D eigenvalue weighted by Crippen LogP contribution is -2.26. The topological polar surface area (TPSA) is 63.4 Å². The summed E-state index contributed by atoms with van der Waals surface area (Å²) >= 11 is 0. The summed E-state index contributed by atoms with van der Waals surface area (Å²) in [5.74, 6) is -0.135. The fraction of sp³-hybridized carbons (Fsp3) is 0.250. The lowest BCUT2D eigenvalue weighted by molar-refractivity contribution is -0.384. The number of benzene rings is 1. The second kappa shape index (κ2) is 5.36. The molecule has 1 aromatic rings. The Hall–Kier alpha value is -2.01. The van der Waals surface area contributed by atoms with Gasteiger partial charge in [-0.25, -0.2) is 0 Å². The van der Waals surface area contributed by atoms with Crippen LogP contribution in [0.15, 0.2) is 36.9 Å². The van der Waals surface area contributed by atoms with Crippen LogP contribution >= 0.6 is 0 Å². The van der Waals surface area contributed by atoms with Crippen LogP contribution in [0.3, 0.4) is 0 Å². The molecule has 0 saturated carbocycles. The van der Waals surface area contributed by atoms with Gasteiger partial charge in [0.2, 0.25) is 0 Å². The van der Waals surface area contributed by atoms with Crippen molar-refractivity contribution in [3.05, 3.63) is 52.6 Å². The lowest BCUT2D eigenvalue weighted by atomic mass is 10.0. The first-order chi connectivity index (χ1) is 7.97. The summed E-state index contributed by atoms with van der Waals surface area (Å²) < 4.78 is 0. The molecule has 0 aromatic heterocycles. The number of ketones is 1. The Kier molecular flexibility index (Phi) is 4.12. The van der Waals surface area contributed by atoms with E-state index in [1.807, 2.05) is 0 Å². The minimum atomic E-state index is -0.468. The van der Waals surface area contributed by atoms with Gasteiger partial charge in [0, 0.05) is 12.1 Å². The molecule has 0 aliphatic rings. The summed E-state index contributed by atoms with van der Waals surface area (Å²) in [4.78, 5) is 23.5. The Morgan fingerprint density at radius 1 is 1.41 bits per heavy atom. The van der Waals surface area contributed by atoms with E-state index in [2.05, 4.69) is 6.58 Å². The molecule has 1 rings (SSSR count). The third kappa shape index (κ3) is 2.98. The number of nitrogens with zero attached hydrogens (tertiary/aromatic N) is 2. The number of non-ortho nitro benzene ring substituents is 1. The van der Waals surface area contributed by atoms with E-state index in [0.717, 1.165) is 0 Å². The molecule has 0 aliphatic carbocycles. The molecule has 0 saturated heterocycles. The van der Waals surface area contributed by atoms with Gasteiger partial charge < -0.3 is 0 Å². The first-order valence-corrected chi connectivity index (χ1v) is 5.04. The fourth-order valence-corrected chi connectivity index (χ4v) is 1.61. The first-order valence-electron chi connectivity index (χ1n) is 5.04. The number of carbonyl (C=O) groups is 1. The average Bonchev–Trinajstić information content (AvgIpc) is 2.29. The predicted octanol–water partition coefficient (Wildman–Crippen LogP) is 1.95. The van der Waals surface area contributed by atoms with Crippen molar-refractivity contribution in [1.29, 1.82) is 0 Å². The predicted molar refractivity (Wildman–Crippen MR) is 64.7 cm³/mol. The van der Waals surface area contributed by atoms with E-state index in [0.29, 0.717) is 5.56 Å². The molecule has 0 bridgehead atoms. The monoisotopic (exact) mass is 234 g/mol. The van der Waals surface area contributed by atoms with E-state index in [4.69, 9.17) is 0 Å². The Bertz CT molecular complexity index is 438. The van der Waals surface area contributed by atoms with Gasteiger partial charge in [-0.2, -0.15) is 0 Å². The molecule has 0 fully saturated rings. The summed E-state index contributed by atoms with van der Waals surface area (Å²) in [6.07, 6.45) is 1.26. The number of likely N-dealkylation sites (N-methyl/N-ethyl adjacent to an activating group) is 1. The van der Waals surface area contributed by atoms with Crippen LogP contribution in [0.5, 0.6) is 0 Å². The maximum Gasteiger partial charge on any atom is 0.269 e. The van der Waals surface area contributed by atoms with Gasteiger partial charge in [-0.15, -0.1) is 0 Å². The van der Waals surface area contributed by atoms with Gasteiger partial charge in [-0.1, -0.05) is 18.7 Å². The van der Waals surface area contributed by atoms with Gasteiger partial charge in [0.15, 0.2) is 5.78 Å². The SMILES string of the molecule is C=CC(=O)C(c1ccc([N+](=O)[O-])cc1)N(C)C. The molecule has 1 unspecified atom stereocenters. The normalized spacial score (nSPS) is 12.2. The minimum absolute atomic E-state index is 0.0114. The molecule has 0 radical (unpaired) electrons. The molecule has 17 heavy (non-hydrogen) atoms. The molecule has 1 aromatic carbocycles. The van der Waals surface area contributed by atoms with Gasteiger partial charge >= 0.3 is 0 Å². The molecule has 90 valence electrons. The Morgan fingerprint density at radius 3 is 2.29 bits per heavy atom. The fourth-order valence-electron chi connectivity index (χ4n) is 1.61. The van der Waals surface area contributed by atoms with Gasteiger partial charge in [0.25, 0.3) is 5.69 Å². The van der Waals surface area contributed by atoms with Crippen LogP contribution in [0, 0.1) is 10.1 Å². The van der Waals surface area contributed by atoms with E-state index < -0.39 is 11.0 Å². The van der Waals surface area contributed by atoms with Crippen LogP contribution in [0.4, 0.5) is 5.69 Å². The summed E-state index contributed by atoms with van der Waals surface area (Å²) in [6.45, 7) is 3.45. The minimum Gasteiger partial charge on any atom is -0.296 e. The smallest absolute Gasteiger partial charge is 0.269 e. The standard InChI is InChI=1S/C12H14N2O3/c1-4-11(15)12(13(2)3)9-5-7-10(8-6-9)14(16)17/h4-8,12H,1H2,2-3H3. The molecule has 1 atom stereocenters. The van der Waals surface area contributed by atoms with Crippen molar-refractivity contribution in [1.82, 2.24) is 4.90 Å². The van der Waals surface area contributed by atoms with Crippen molar-refractivity contribution in [2.45, 2.75) is 6.04 Å². The summed E-state index contributed by atoms with van der Waals surface area (Å²) in [5, 5.41) is 10.5. The summed E-state index contributed by atoms with van der Waals surface area (Å²) in [7, 11) is 3.54. The van der Waals surface area contributed by atoms with E-state index >= 15 is 0 Å². The molecule has 5 nitrogen and oxygen atoms in total. The molecular formula is C12H14N2O3. The molecular weight excluding hydrogens is 220 g/mol.